The van der Waals surface area contributed by atoms with Crippen molar-refractivity contribution in [2.24, 2.45) is 0 Å². The molecular formula is C14H19N3O2S. The lowest BCUT2D eigenvalue weighted by atomic mass is 10.1. The van der Waals surface area contributed by atoms with Gasteiger partial charge in [0.05, 0.1) is 0 Å². The molecule has 1 aromatic carbocycles. The molecule has 1 fully saturated rings. The van der Waals surface area contributed by atoms with Crippen LogP contribution in [0.15, 0.2) is 23.1 Å². The first-order valence-corrected chi connectivity index (χ1v) is 7.43. The van der Waals surface area contributed by atoms with Crippen molar-refractivity contribution in [1.29, 1.82) is 0 Å². The fraction of sp³-hybridized carbons (Fsp3) is 0.429. The fourth-order valence-corrected chi connectivity index (χ4v) is 3.03. The van der Waals surface area contributed by atoms with Crippen LogP contribution in [0.25, 0.3) is 0 Å². The molecule has 1 heterocycles. The number of nitrogens with one attached hydrogen (secondary N) is 1. The Morgan fingerprint density at radius 1 is 1.35 bits per heavy atom. The number of carbonyl (C=O) groups is 2. The topological polar surface area (TPSA) is 75.4 Å². The van der Waals surface area contributed by atoms with Crippen molar-refractivity contribution in [2.45, 2.75) is 31.2 Å². The number of urea groups is 1. The van der Waals surface area contributed by atoms with Crippen molar-refractivity contribution in [3.63, 3.8) is 0 Å². The number of anilines is 1. The molecule has 1 aliphatic heterocycles. The van der Waals surface area contributed by atoms with Gasteiger partial charge < -0.3 is 11.1 Å². The van der Waals surface area contributed by atoms with E-state index in [1.807, 2.05) is 25.1 Å². The summed E-state index contributed by atoms with van der Waals surface area (Å²) in [5.74, 6) is 0.448. The first-order chi connectivity index (χ1) is 9.31. The van der Waals surface area contributed by atoms with Gasteiger partial charge in [0, 0.05) is 22.9 Å². The van der Waals surface area contributed by atoms with Gasteiger partial charge in [-0.3, -0.25) is 9.69 Å². The normalized spacial score (nSPS) is 17.4. The molecule has 0 unspecified atom stereocenters. The zero-order valence-corrected chi connectivity index (χ0v) is 12.7. The van der Waals surface area contributed by atoms with E-state index in [-0.39, 0.29) is 11.9 Å². The average molecular weight is 293 g/mol. The van der Waals surface area contributed by atoms with Gasteiger partial charge in [-0.15, -0.1) is 11.8 Å². The van der Waals surface area contributed by atoms with Crippen LogP contribution < -0.4 is 11.1 Å². The summed E-state index contributed by atoms with van der Waals surface area (Å²) in [6.07, 6.45) is 0. The van der Waals surface area contributed by atoms with E-state index >= 15 is 0 Å². The number of rotatable bonds is 4. The van der Waals surface area contributed by atoms with E-state index in [1.54, 1.807) is 25.6 Å². The molecule has 2 rings (SSSR count). The third-order valence-corrected chi connectivity index (χ3v) is 4.24. The second-order valence-corrected chi connectivity index (χ2v) is 6.54. The summed E-state index contributed by atoms with van der Waals surface area (Å²) in [5, 5.41) is 2.67. The summed E-state index contributed by atoms with van der Waals surface area (Å²) in [5.41, 5.74) is 6.96. The van der Waals surface area contributed by atoms with Gasteiger partial charge >= 0.3 is 6.03 Å². The third kappa shape index (κ3) is 2.90. The minimum absolute atomic E-state index is 0.180. The van der Waals surface area contributed by atoms with Crippen LogP contribution in [-0.2, 0) is 4.79 Å². The number of imide groups is 1. The molecule has 5 nitrogen and oxygen atoms in total. The number of nitrogen functional groups attached to an aromatic ring is 1. The van der Waals surface area contributed by atoms with Crippen molar-refractivity contribution in [1.82, 2.24) is 10.2 Å². The van der Waals surface area contributed by atoms with E-state index in [0.717, 1.165) is 16.1 Å². The lowest BCUT2D eigenvalue weighted by Gasteiger charge is -2.16. The molecular weight excluding hydrogens is 274 g/mol. The van der Waals surface area contributed by atoms with Crippen LogP contribution in [0.1, 0.15) is 19.4 Å². The Hall–Kier alpha value is -1.69. The molecule has 1 aromatic rings. The molecule has 1 saturated heterocycles. The monoisotopic (exact) mass is 293 g/mol. The van der Waals surface area contributed by atoms with Crippen LogP contribution >= 0.6 is 11.8 Å². The highest BCUT2D eigenvalue weighted by Crippen LogP contribution is 2.26. The maximum Gasteiger partial charge on any atom is 0.325 e. The number of nitrogens with two attached hydrogens (primary N) is 1. The summed E-state index contributed by atoms with van der Waals surface area (Å²) >= 11 is 1.55. The first-order valence-electron chi connectivity index (χ1n) is 6.44. The zero-order chi connectivity index (χ0) is 14.9. The Bertz CT molecular complexity index is 557. The second-order valence-electron chi connectivity index (χ2n) is 5.40. The van der Waals surface area contributed by atoms with Gasteiger partial charge in [0.15, 0.2) is 0 Å². The van der Waals surface area contributed by atoms with Gasteiger partial charge in [-0.2, -0.15) is 0 Å². The van der Waals surface area contributed by atoms with E-state index in [9.17, 15) is 9.59 Å². The summed E-state index contributed by atoms with van der Waals surface area (Å²) in [7, 11) is 0. The predicted octanol–water partition coefficient (Wildman–Crippen LogP) is 2.00. The molecule has 1 aliphatic rings. The Labute approximate surface area is 122 Å². The summed E-state index contributed by atoms with van der Waals surface area (Å²) in [4.78, 5) is 26.0. The van der Waals surface area contributed by atoms with E-state index < -0.39 is 5.54 Å². The number of benzene rings is 1. The molecule has 0 saturated carbocycles. The third-order valence-electron chi connectivity index (χ3n) is 3.19. The number of amides is 3. The number of carbonyl (C=O) groups excluding carboxylic acids is 2. The highest BCUT2D eigenvalue weighted by molar-refractivity contribution is 7.99. The number of thioether (sulfide) groups is 1. The molecule has 0 aromatic heterocycles. The van der Waals surface area contributed by atoms with Crippen molar-refractivity contribution < 1.29 is 9.59 Å². The van der Waals surface area contributed by atoms with Gasteiger partial charge in [0.2, 0.25) is 0 Å². The number of nitrogens with zero attached hydrogens (tertiary/aromatic N) is 1. The van der Waals surface area contributed by atoms with Crippen LogP contribution in [-0.4, -0.2) is 34.7 Å². The number of aryl methyl sites for hydroxylation is 1. The Kier molecular flexibility index (Phi) is 3.94. The van der Waals surface area contributed by atoms with Crippen LogP contribution in [0.4, 0.5) is 10.5 Å². The SMILES string of the molecule is Cc1ccc(N)c(SCCN2C(=O)NC(C)(C)C2=O)c1. The highest BCUT2D eigenvalue weighted by Gasteiger charge is 2.43. The van der Waals surface area contributed by atoms with Crippen LogP contribution in [0.3, 0.4) is 0 Å². The molecule has 3 amide bonds. The molecule has 0 atom stereocenters. The number of hydrogen-bond acceptors (Lipinski definition) is 4. The second kappa shape index (κ2) is 5.36. The van der Waals surface area contributed by atoms with E-state index in [1.165, 1.54) is 4.90 Å². The Balaban J connectivity index is 1.95. The van der Waals surface area contributed by atoms with E-state index in [4.69, 9.17) is 5.73 Å². The maximum absolute atomic E-state index is 12.0. The lowest BCUT2D eigenvalue weighted by Crippen LogP contribution is -2.40. The Morgan fingerprint density at radius 2 is 2.05 bits per heavy atom. The molecule has 0 aliphatic carbocycles. The molecule has 3 N–H and O–H groups in total. The van der Waals surface area contributed by atoms with Crippen LogP contribution in [0.5, 0.6) is 0 Å². The smallest absolute Gasteiger partial charge is 0.325 e. The maximum atomic E-state index is 12.0. The van der Waals surface area contributed by atoms with Crippen LogP contribution in [0, 0.1) is 6.92 Å². The van der Waals surface area contributed by atoms with Crippen molar-refractivity contribution in [3.05, 3.63) is 23.8 Å². The van der Waals surface area contributed by atoms with Crippen LogP contribution in [0.2, 0.25) is 0 Å². The molecule has 20 heavy (non-hydrogen) atoms. The Morgan fingerprint density at radius 3 is 2.65 bits per heavy atom. The summed E-state index contributed by atoms with van der Waals surface area (Å²) < 4.78 is 0. The molecule has 0 spiro atoms. The molecule has 108 valence electrons. The van der Waals surface area contributed by atoms with E-state index in [0.29, 0.717) is 12.3 Å². The lowest BCUT2D eigenvalue weighted by molar-refractivity contribution is -0.130. The predicted molar refractivity (Wildman–Crippen MR) is 80.6 cm³/mol. The summed E-state index contributed by atoms with van der Waals surface area (Å²) in [6.45, 7) is 5.80. The van der Waals surface area contributed by atoms with Gasteiger partial charge in [-0.1, -0.05) is 6.07 Å². The van der Waals surface area contributed by atoms with Gasteiger partial charge in [-0.05, 0) is 38.5 Å². The van der Waals surface area contributed by atoms with Crippen molar-refractivity contribution in [3.8, 4) is 0 Å². The number of hydrogen-bond donors (Lipinski definition) is 2. The van der Waals surface area contributed by atoms with Crippen molar-refractivity contribution in [2.75, 3.05) is 18.0 Å². The minimum Gasteiger partial charge on any atom is -0.398 e. The average Bonchev–Trinajstić information content (AvgIpc) is 2.55. The highest BCUT2D eigenvalue weighted by atomic mass is 32.2. The molecule has 0 radical (unpaired) electrons. The molecule has 6 heteroatoms. The van der Waals surface area contributed by atoms with E-state index in [2.05, 4.69) is 5.32 Å². The largest absolute Gasteiger partial charge is 0.398 e. The molecule has 0 bridgehead atoms. The van der Waals surface area contributed by atoms with Crippen molar-refractivity contribution >= 4 is 29.4 Å². The van der Waals surface area contributed by atoms with Gasteiger partial charge in [0.25, 0.3) is 5.91 Å². The quantitative estimate of drug-likeness (QED) is 0.506. The van der Waals surface area contributed by atoms with Gasteiger partial charge in [0.1, 0.15) is 5.54 Å². The standard InChI is InChI=1S/C14H19N3O2S/c1-9-4-5-10(15)11(8-9)20-7-6-17-12(18)14(2,3)16-13(17)19/h4-5,8H,6-7,15H2,1-3H3,(H,16,19). The first kappa shape index (κ1) is 14.7. The fourth-order valence-electron chi connectivity index (χ4n) is 2.03. The van der Waals surface area contributed by atoms with Gasteiger partial charge in [-0.25, -0.2) is 4.79 Å². The summed E-state index contributed by atoms with van der Waals surface area (Å²) in [6, 6.07) is 5.52. The minimum atomic E-state index is -0.801. The zero-order valence-electron chi connectivity index (χ0n) is 11.9.